The summed E-state index contributed by atoms with van der Waals surface area (Å²) in [5.74, 6) is 0.278. The number of benzene rings is 1. The molecule has 1 aromatic carbocycles. The first kappa shape index (κ1) is 14.0. The van der Waals surface area contributed by atoms with Gasteiger partial charge in [0.15, 0.2) is 0 Å². The monoisotopic (exact) mass is 265 g/mol. The van der Waals surface area contributed by atoms with Crippen molar-refractivity contribution in [1.82, 2.24) is 5.32 Å². The van der Waals surface area contributed by atoms with E-state index < -0.39 is 0 Å². The highest BCUT2D eigenvalue weighted by Crippen LogP contribution is 2.13. The van der Waals surface area contributed by atoms with E-state index in [9.17, 15) is 9.18 Å². The third-order valence-corrected chi connectivity index (χ3v) is 3.51. The third kappa shape index (κ3) is 4.63. The van der Waals surface area contributed by atoms with Crippen LogP contribution in [-0.4, -0.2) is 25.7 Å². The summed E-state index contributed by atoms with van der Waals surface area (Å²) in [6, 6.07) is 6.60. The van der Waals surface area contributed by atoms with Gasteiger partial charge in [0.2, 0.25) is 5.91 Å². The SMILES string of the molecule is O=C(CCc1ccccc1F)NCC1CCOCC1. The summed E-state index contributed by atoms with van der Waals surface area (Å²) in [4.78, 5) is 11.7. The van der Waals surface area contributed by atoms with Crippen molar-refractivity contribution in [3.63, 3.8) is 0 Å². The summed E-state index contributed by atoms with van der Waals surface area (Å²) in [5, 5.41) is 2.93. The minimum absolute atomic E-state index is 0.00487. The molecule has 1 N–H and O–H groups in total. The van der Waals surface area contributed by atoms with Crippen LogP contribution in [0.25, 0.3) is 0 Å². The Morgan fingerprint density at radius 3 is 2.79 bits per heavy atom. The van der Waals surface area contributed by atoms with Crippen molar-refractivity contribution >= 4 is 5.91 Å². The van der Waals surface area contributed by atoms with Crippen molar-refractivity contribution in [1.29, 1.82) is 0 Å². The van der Waals surface area contributed by atoms with Crippen molar-refractivity contribution < 1.29 is 13.9 Å². The maximum Gasteiger partial charge on any atom is 0.220 e. The number of halogens is 1. The fraction of sp³-hybridized carbons (Fsp3) is 0.533. The van der Waals surface area contributed by atoms with Gasteiger partial charge in [-0.15, -0.1) is 0 Å². The molecule has 0 aliphatic carbocycles. The largest absolute Gasteiger partial charge is 0.381 e. The molecule has 0 radical (unpaired) electrons. The van der Waals surface area contributed by atoms with E-state index in [1.807, 2.05) is 0 Å². The molecule has 1 amide bonds. The van der Waals surface area contributed by atoms with Crippen LogP contribution >= 0.6 is 0 Å². The first-order valence-electron chi connectivity index (χ1n) is 6.83. The molecule has 1 saturated heterocycles. The fourth-order valence-corrected chi connectivity index (χ4v) is 2.25. The second-order valence-corrected chi connectivity index (χ2v) is 4.95. The Hall–Kier alpha value is -1.42. The summed E-state index contributed by atoms with van der Waals surface area (Å²) >= 11 is 0. The summed E-state index contributed by atoms with van der Waals surface area (Å²) in [6.07, 6.45) is 2.80. The highest BCUT2D eigenvalue weighted by Gasteiger charge is 2.14. The van der Waals surface area contributed by atoms with Gasteiger partial charge >= 0.3 is 0 Å². The molecule has 1 aromatic rings. The average Bonchev–Trinajstić information content (AvgIpc) is 2.45. The zero-order valence-electron chi connectivity index (χ0n) is 11.0. The molecule has 4 heteroatoms. The van der Waals surface area contributed by atoms with E-state index in [1.165, 1.54) is 6.07 Å². The lowest BCUT2D eigenvalue weighted by Crippen LogP contribution is -2.32. The van der Waals surface area contributed by atoms with Crippen LogP contribution in [-0.2, 0) is 16.0 Å². The van der Waals surface area contributed by atoms with E-state index in [2.05, 4.69) is 5.32 Å². The third-order valence-electron chi connectivity index (χ3n) is 3.51. The predicted octanol–water partition coefficient (Wildman–Crippen LogP) is 2.30. The molecule has 0 spiro atoms. The first-order chi connectivity index (χ1) is 9.25. The lowest BCUT2D eigenvalue weighted by atomic mass is 10.0. The maximum atomic E-state index is 13.4. The minimum Gasteiger partial charge on any atom is -0.381 e. The summed E-state index contributed by atoms with van der Waals surface area (Å²) in [5.41, 5.74) is 0.601. The second-order valence-electron chi connectivity index (χ2n) is 4.95. The van der Waals surface area contributed by atoms with Gasteiger partial charge in [0.1, 0.15) is 5.82 Å². The molecule has 2 rings (SSSR count). The highest BCUT2D eigenvalue weighted by atomic mass is 19.1. The lowest BCUT2D eigenvalue weighted by molar-refractivity contribution is -0.121. The number of amides is 1. The summed E-state index contributed by atoms with van der Waals surface area (Å²) in [7, 11) is 0. The van der Waals surface area contributed by atoms with Gasteiger partial charge < -0.3 is 10.1 Å². The van der Waals surface area contributed by atoms with Crippen LogP contribution in [0, 0.1) is 11.7 Å². The number of carbonyl (C=O) groups excluding carboxylic acids is 1. The zero-order valence-corrected chi connectivity index (χ0v) is 11.0. The van der Waals surface area contributed by atoms with E-state index in [1.54, 1.807) is 18.2 Å². The Morgan fingerprint density at radius 1 is 1.32 bits per heavy atom. The van der Waals surface area contributed by atoms with Gasteiger partial charge in [-0.1, -0.05) is 18.2 Å². The van der Waals surface area contributed by atoms with Gasteiger partial charge in [-0.25, -0.2) is 4.39 Å². The normalized spacial score (nSPS) is 16.3. The molecule has 1 aliphatic heterocycles. The molecule has 1 heterocycles. The van der Waals surface area contributed by atoms with Crippen LogP contribution in [0.3, 0.4) is 0 Å². The molecule has 3 nitrogen and oxygen atoms in total. The maximum absolute atomic E-state index is 13.4. The Morgan fingerprint density at radius 2 is 2.05 bits per heavy atom. The van der Waals surface area contributed by atoms with Gasteiger partial charge in [0, 0.05) is 26.2 Å². The van der Waals surface area contributed by atoms with Crippen molar-refractivity contribution in [3.05, 3.63) is 35.6 Å². The second kappa shape index (κ2) is 7.24. The van der Waals surface area contributed by atoms with Crippen LogP contribution in [0.4, 0.5) is 4.39 Å². The number of ether oxygens (including phenoxy) is 1. The topological polar surface area (TPSA) is 38.3 Å². The summed E-state index contributed by atoms with van der Waals surface area (Å²) < 4.78 is 18.6. The standard InChI is InChI=1S/C15H20FNO2/c16-14-4-2-1-3-13(14)5-6-15(18)17-11-12-7-9-19-10-8-12/h1-4,12H,5-11H2,(H,17,18). The van der Waals surface area contributed by atoms with E-state index in [4.69, 9.17) is 4.74 Å². The molecular formula is C15H20FNO2. The number of hydrogen-bond donors (Lipinski definition) is 1. The van der Waals surface area contributed by atoms with E-state index in [-0.39, 0.29) is 11.7 Å². The Balaban J connectivity index is 1.68. The molecule has 0 aromatic heterocycles. The van der Waals surface area contributed by atoms with Gasteiger partial charge in [0.05, 0.1) is 0 Å². The first-order valence-corrected chi connectivity index (χ1v) is 6.83. The molecule has 1 fully saturated rings. The van der Waals surface area contributed by atoms with Crippen LogP contribution in [0.2, 0.25) is 0 Å². The van der Waals surface area contributed by atoms with Gasteiger partial charge in [0.25, 0.3) is 0 Å². The number of rotatable bonds is 5. The van der Waals surface area contributed by atoms with Crippen molar-refractivity contribution in [2.24, 2.45) is 5.92 Å². The average molecular weight is 265 g/mol. The fourth-order valence-electron chi connectivity index (χ4n) is 2.25. The van der Waals surface area contributed by atoms with Crippen molar-refractivity contribution in [2.75, 3.05) is 19.8 Å². The molecular weight excluding hydrogens is 245 g/mol. The molecule has 0 bridgehead atoms. The molecule has 0 atom stereocenters. The molecule has 0 saturated carbocycles. The van der Waals surface area contributed by atoms with E-state index in [0.29, 0.717) is 30.9 Å². The molecule has 0 unspecified atom stereocenters. The van der Waals surface area contributed by atoms with Gasteiger partial charge in [-0.05, 0) is 36.8 Å². The van der Waals surface area contributed by atoms with Crippen molar-refractivity contribution in [3.8, 4) is 0 Å². The summed E-state index contributed by atoms with van der Waals surface area (Å²) in [6.45, 7) is 2.28. The van der Waals surface area contributed by atoms with Gasteiger partial charge in [-0.3, -0.25) is 4.79 Å². The van der Waals surface area contributed by atoms with Crippen LogP contribution in [0.1, 0.15) is 24.8 Å². The molecule has 1 aliphatic rings. The van der Waals surface area contributed by atoms with Crippen LogP contribution < -0.4 is 5.32 Å². The lowest BCUT2D eigenvalue weighted by Gasteiger charge is -2.22. The minimum atomic E-state index is -0.236. The number of nitrogens with one attached hydrogen (secondary N) is 1. The Labute approximate surface area is 113 Å². The Bertz CT molecular complexity index is 416. The van der Waals surface area contributed by atoms with Crippen LogP contribution in [0.15, 0.2) is 24.3 Å². The van der Waals surface area contributed by atoms with Crippen LogP contribution in [0.5, 0.6) is 0 Å². The Kier molecular flexibility index (Phi) is 5.33. The number of aryl methyl sites for hydroxylation is 1. The predicted molar refractivity (Wildman–Crippen MR) is 71.3 cm³/mol. The zero-order chi connectivity index (χ0) is 13.5. The number of hydrogen-bond acceptors (Lipinski definition) is 2. The van der Waals surface area contributed by atoms with Crippen molar-refractivity contribution in [2.45, 2.75) is 25.7 Å². The number of carbonyl (C=O) groups is 1. The van der Waals surface area contributed by atoms with E-state index in [0.717, 1.165) is 26.1 Å². The quantitative estimate of drug-likeness (QED) is 0.887. The smallest absolute Gasteiger partial charge is 0.220 e. The highest BCUT2D eigenvalue weighted by molar-refractivity contribution is 5.76. The van der Waals surface area contributed by atoms with E-state index >= 15 is 0 Å². The molecule has 19 heavy (non-hydrogen) atoms. The molecule has 104 valence electrons. The van der Waals surface area contributed by atoms with Gasteiger partial charge in [-0.2, -0.15) is 0 Å².